The molecule has 1 rings (SSSR count). The predicted octanol–water partition coefficient (Wildman–Crippen LogP) is 0.945. The third-order valence-corrected chi connectivity index (χ3v) is 2.20. The zero-order valence-corrected chi connectivity index (χ0v) is 10.8. The second kappa shape index (κ2) is 6.45. The van der Waals surface area contributed by atoms with E-state index in [2.05, 4.69) is 21.7 Å². The molecule has 6 heteroatoms. The Morgan fingerprint density at radius 2 is 2.17 bits per heavy atom. The van der Waals surface area contributed by atoms with Gasteiger partial charge in [-0.05, 0) is 19.1 Å². The third kappa shape index (κ3) is 4.29. The van der Waals surface area contributed by atoms with E-state index in [-0.39, 0.29) is 6.03 Å². The van der Waals surface area contributed by atoms with Gasteiger partial charge in [0.1, 0.15) is 5.82 Å². The maximum Gasteiger partial charge on any atom is 0.316 e. The number of hydrogen-bond donors (Lipinski definition) is 2. The van der Waals surface area contributed by atoms with Crippen molar-refractivity contribution in [3.63, 3.8) is 0 Å². The highest BCUT2D eigenvalue weighted by atomic mass is 16.2. The molecule has 0 aromatic carbocycles. The molecule has 0 unspecified atom stereocenters. The van der Waals surface area contributed by atoms with Crippen LogP contribution >= 0.6 is 0 Å². The Labute approximate surface area is 107 Å². The van der Waals surface area contributed by atoms with Crippen molar-refractivity contribution >= 4 is 11.8 Å². The number of nitrogens with one attached hydrogen (secondary N) is 2. The molecule has 1 heterocycles. The number of carbonyl (C=O) groups excluding carboxylic acids is 1. The summed E-state index contributed by atoms with van der Waals surface area (Å²) in [6.45, 7) is 2.88. The minimum absolute atomic E-state index is 0.133. The molecule has 0 aliphatic rings. The number of nitriles is 1. The van der Waals surface area contributed by atoms with Crippen LogP contribution in [0.3, 0.4) is 0 Å². The number of anilines is 1. The van der Waals surface area contributed by atoms with Gasteiger partial charge in [0.25, 0.3) is 0 Å². The van der Waals surface area contributed by atoms with E-state index in [1.54, 1.807) is 26.2 Å². The normalized spacial score (nSPS) is 9.44. The van der Waals surface area contributed by atoms with Crippen LogP contribution in [0, 0.1) is 18.3 Å². The number of aromatic nitrogens is 1. The standard InChI is InChI=1S/C12H17N5O/c1-9-6-10(8-13)7-11(16-9)14-4-5-15-12(18)17(2)3/h6-7H,4-5H2,1-3H3,(H,14,16)(H,15,18). The fourth-order valence-electron chi connectivity index (χ4n) is 1.34. The minimum atomic E-state index is -0.133. The highest BCUT2D eigenvalue weighted by Crippen LogP contribution is 2.08. The number of nitrogens with zero attached hydrogens (tertiary/aromatic N) is 3. The van der Waals surface area contributed by atoms with Crippen LogP contribution in [0.4, 0.5) is 10.6 Å². The summed E-state index contributed by atoms with van der Waals surface area (Å²) in [6.07, 6.45) is 0. The van der Waals surface area contributed by atoms with E-state index in [1.807, 2.05) is 6.92 Å². The second-order valence-corrected chi connectivity index (χ2v) is 4.05. The summed E-state index contributed by atoms with van der Waals surface area (Å²) in [4.78, 5) is 17.0. The van der Waals surface area contributed by atoms with Crippen molar-refractivity contribution in [1.82, 2.24) is 15.2 Å². The van der Waals surface area contributed by atoms with Gasteiger partial charge >= 0.3 is 6.03 Å². The van der Waals surface area contributed by atoms with Gasteiger partial charge in [-0.2, -0.15) is 5.26 Å². The smallest absolute Gasteiger partial charge is 0.316 e. The van der Waals surface area contributed by atoms with Crippen molar-refractivity contribution in [3.8, 4) is 6.07 Å². The highest BCUT2D eigenvalue weighted by molar-refractivity contribution is 5.73. The van der Waals surface area contributed by atoms with Crippen LogP contribution in [-0.2, 0) is 0 Å². The molecule has 0 atom stereocenters. The Morgan fingerprint density at radius 1 is 1.44 bits per heavy atom. The molecule has 2 N–H and O–H groups in total. The molecule has 0 spiro atoms. The summed E-state index contributed by atoms with van der Waals surface area (Å²) in [6, 6.07) is 5.35. The molecular weight excluding hydrogens is 230 g/mol. The first kappa shape index (κ1) is 13.8. The monoisotopic (exact) mass is 247 g/mol. The van der Waals surface area contributed by atoms with E-state index < -0.39 is 0 Å². The van der Waals surface area contributed by atoms with Gasteiger partial charge in [0.15, 0.2) is 0 Å². The molecule has 0 bridgehead atoms. The van der Waals surface area contributed by atoms with Crippen molar-refractivity contribution < 1.29 is 4.79 Å². The Morgan fingerprint density at radius 3 is 2.78 bits per heavy atom. The minimum Gasteiger partial charge on any atom is -0.368 e. The van der Waals surface area contributed by atoms with E-state index in [4.69, 9.17) is 5.26 Å². The SMILES string of the molecule is Cc1cc(C#N)cc(NCCNC(=O)N(C)C)n1. The van der Waals surface area contributed by atoms with Crippen LogP contribution in [0.5, 0.6) is 0 Å². The lowest BCUT2D eigenvalue weighted by Gasteiger charge is -2.12. The van der Waals surface area contributed by atoms with E-state index in [0.717, 1.165) is 5.69 Å². The molecule has 0 aliphatic heterocycles. The molecule has 1 aromatic heterocycles. The molecule has 2 amide bonds. The van der Waals surface area contributed by atoms with Crippen LogP contribution in [0.1, 0.15) is 11.3 Å². The van der Waals surface area contributed by atoms with E-state index in [1.165, 1.54) is 4.90 Å². The Bertz CT molecular complexity index is 464. The number of carbonyl (C=O) groups is 1. The number of urea groups is 1. The number of pyridine rings is 1. The lowest BCUT2D eigenvalue weighted by molar-refractivity contribution is 0.218. The summed E-state index contributed by atoms with van der Waals surface area (Å²) in [5.41, 5.74) is 1.36. The summed E-state index contributed by atoms with van der Waals surface area (Å²) in [5, 5.41) is 14.6. The molecule has 0 fully saturated rings. The Hall–Kier alpha value is -2.29. The summed E-state index contributed by atoms with van der Waals surface area (Å²) >= 11 is 0. The third-order valence-electron chi connectivity index (χ3n) is 2.20. The van der Waals surface area contributed by atoms with Gasteiger partial charge < -0.3 is 15.5 Å². The first-order valence-corrected chi connectivity index (χ1v) is 5.60. The van der Waals surface area contributed by atoms with Crippen LogP contribution in [-0.4, -0.2) is 43.1 Å². The number of rotatable bonds is 4. The molecule has 1 aromatic rings. The van der Waals surface area contributed by atoms with Gasteiger partial charge in [-0.25, -0.2) is 9.78 Å². The lowest BCUT2D eigenvalue weighted by Crippen LogP contribution is -2.37. The van der Waals surface area contributed by atoms with Gasteiger partial charge in [-0.1, -0.05) is 0 Å². The quantitative estimate of drug-likeness (QED) is 0.776. The first-order chi connectivity index (χ1) is 8.52. The van der Waals surface area contributed by atoms with Crippen LogP contribution < -0.4 is 10.6 Å². The van der Waals surface area contributed by atoms with Crippen molar-refractivity contribution in [2.45, 2.75) is 6.92 Å². The molecule has 0 radical (unpaired) electrons. The van der Waals surface area contributed by atoms with Crippen molar-refractivity contribution in [1.29, 1.82) is 5.26 Å². The molecule has 0 saturated heterocycles. The van der Waals surface area contributed by atoms with E-state index in [0.29, 0.717) is 24.5 Å². The van der Waals surface area contributed by atoms with E-state index in [9.17, 15) is 4.79 Å². The molecular formula is C12H17N5O. The summed E-state index contributed by atoms with van der Waals surface area (Å²) in [7, 11) is 3.37. The van der Waals surface area contributed by atoms with Crippen LogP contribution in [0.25, 0.3) is 0 Å². The van der Waals surface area contributed by atoms with Crippen molar-refractivity contribution in [3.05, 3.63) is 23.4 Å². The maximum atomic E-state index is 11.2. The number of aryl methyl sites for hydroxylation is 1. The summed E-state index contributed by atoms with van der Waals surface area (Å²) in [5.74, 6) is 0.644. The maximum absolute atomic E-state index is 11.2. The van der Waals surface area contributed by atoms with Crippen molar-refractivity contribution in [2.24, 2.45) is 0 Å². The van der Waals surface area contributed by atoms with Gasteiger partial charge in [-0.3, -0.25) is 0 Å². The van der Waals surface area contributed by atoms with E-state index >= 15 is 0 Å². The van der Waals surface area contributed by atoms with Gasteiger partial charge in [0.05, 0.1) is 11.6 Å². The van der Waals surface area contributed by atoms with Gasteiger partial charge in [0.2, 0.25) is 0 Å². The molecule has 96 valence electrons. The number of hydrogen-bond acceptors (Lipinski definition) is 4. The number of amides is 2. The van der Waals surface area contributed by atoms with Gasteiger partial charge in [-0.15, -0.1) is 0 Å². The highest BCUT2D eigenvalue weighted by Gasteiger charge is 2.02. The lowest BCUT2D eigenvalue weighted by atomic mass is 10.2. The topological polar surface area (TPSA) is 81.0 Å². The Balaban J connectivity index is 2.43. The predicted molar refractivity (Wildman–Crippen MR) is 69.3 cm³/mol. The average Bonchev–Trinajstić information content (AvgIpc) is 2.33. The molecule has 18 heavy (non-hydrogen) atoms. The van der Waals surface area contributed by atoms with Gasteiger partial charge in [0, 0.05) is 32.9 Å². The fraction of sp³-hybridized carbons (Fsp3) is 0.417. The Kier molecular flexibility index (Phi) is 4.93. The van der Waals surface area contributed by atoms with Crippen LogP contribution in [0.2, 0.25) is 0 Å². The van der Waals surface area contributed by atoms with Crippen molar-refractivity contribution in [2.75, 3.05) is 32.5 Å². The molecule has 6 nitrogen and oxygen atoms in total. The first-order valence-electron chi connectivity index (χ1n) is 5.60. The fourth-order valence-corrected chi connectivity index (χ4v) is 1.34. The zero-order chi connectivity index (χ0) is 13.5. The zero-order valence-electron chi connectivity index (χ0n) is 10.8. The average molecular weight is 247 g/mol. The second-order valence-electron chi connectivity index (χ2n) is 4.05. The largest absolute Gasteiger partial charge is 0.368 e. The molecule has 0 saturated carbocycles. The summed E-state index contributed by atoms with van der Waals surface area (Å²) < 4.78 is 0. The molecule has 0 aliphatic carbocycles. The van der Waals surface area contributed by atoms with Crippen LogP contribution in [0.15, 0.2) is 12.1 Å².